The largest absolute Gasteiger partial charge is 0.0654 e. The molecule has 1 aliphatic rings. The molecule has 1 aliphatic carbocycles. The minimum absolute atomic E-state index is 0.568. The van der Waals surface area contributed by atoms with E-state index >= 15 is 0 Å². The first-order chi connectivity index (χ1) is 8.93. The molecule has 3 atom stereocenters. The van der Waals surface area contributed by atoms with Gasteiger partial charge in [-0.15, -0.1) is 0 Å². The highest BCUT2D eigenvalue weighted by molar-refractivity contribution is 4.96. The van der Waals surface area contributed by atoms with E-state index in [1.807, 2.05) is 0 Å². The second kappa shape index (κ2) is 7.14. The summed E-state index contributed by atoms with van der Waals surface area (Å²) in [5.74, 6) is 1.70. The van der Waals surface area contributed by atoms with Crippen molar-refractivity contribution in [3.05, 3.63) is 0 Å². The Balaban J connectivity index is 3.06. The van der Waals surface area contributed by atoms with Gasteiger partial charge in [-0.3, -0.25) is 0 Å². The molecule has 19 heavy (non-hydrogen) atoms. The van der Waals surface area contributed by atoms with Gasteiger partial charge in [0, 0.05) is 0 Å². The lowest BCUT2D eigenvalue weighted by Gasteiger charge is -2.52. The molecule has 0 N–H and O–H groups in total. The van der Waals surface area contributed by atoms with Crippen molar-refractivity contribution in [2.24, 2.45) is 22.7 Å². The molecule has 0 amide bonds. The Hall–Kier alpha value is 0. The van der Waals surface area contributed by atoms with Crippen molar-refractivity contribution in [2.45, 2.75) is 99.3 Å². The predicted molar refractivity (Wildman–Crippen MR) is 87.4 cm³/mol. The lowest BCUT2D eigenvalue weighted by molar-refractivity contribution is -0.0287. The Kier molecular flexibility index (Phi) is 6.40. The summed E-state index contributed by atoms with van der Waals surface area (Å²) >= 11 is 0. The van der Waals surface area contributed by atoms with Crippen LogP contribution in [0.15, 0.2) is 0 Å². The van der Waals surface area contributed by atoms with E-state index in [-0.39, 0.29) is 0 Å². The van der Waals surface area contributed by atoms with Crippen molar-refractivity contribution in [3.8, 4) is 0 Å². The quantitative estimate of drug-likeness (QED) is 0.511. The van der Waals surface area contributed by atoms with Crippen molar-refractivity contribution >= 4 is 0 Å². The molecule has 0 aliphatic heterocycles. The number of hydrogen-bond donors (Lipinski definition) is 0. The Bertz CT molecular complexity index is 251. The molecule has 1 saturated carbocycles. The van der Waals surface area contributed by atoms with Crippen molar-refractivity contribution in [1.29, 1.82) is 0 Å². The third-order valence-corrected chi connectivity index (χ3v) is 6.75. The van der Waals surface area contributed by atoms with Crippen LogP contribution in [-0.4, -0.2) is 0 Å². The molecule has 0 bridgehead atoms. The van der Waals surface area contributed by atoms with Crippen molar-refractivity contribution in [2.75, 3.05) is 0 Å². The van der Waals surface area contributed by atoms with E-state index in [4.69, 9.17) is 0 Å². The maximum atomic E-state index is 2.59. The van der Waals surface area contributed by atoms with E-state index in [0.29, 0.717) is 10.8 Å². The maximum absolute atomic E-state index is 2.59. The molecule has 0 aromatic heterocycles. The van der Waals surface area contributed by atoms with E-state index in [2.05, 4.69) is 41.5 Å². The van der Waals surface area contributed by atoms with E-state index in [0.717, 1.165) is 11.8 Å². The summed E-state index contributed by atoms with van der Waals surface area (Å²) in [7, 11) is 0. The van der Waals surface area contributed by atoms with Crippen LogP contribution in [0.5, 0.6) is 0 Å². The highest BCUT2D eigenvalue weighted by atomic mass is 14.5. The summed E-state index contributed by atoms with van der Waals surface area (Å²) < 4.78 is 0. The smallest absolute Gasteiger partial charge is 0.0244 e. The van der Waals surface area contributed by atoms with Gasteiger partial charge in [0.25, 0.3) is 0 Å². The Labute approximate surface area is 122 Å². The molecular weight excluding hydrogens is 228 g/mol. The van der Waals surface area contributed by atoms with E-state index in [1.165, 1.54) is 57.8 Å². The topological polar surface area (TPSA) is 0 Å². The summed E-state index contributed by atoms with van der Waals surface area (Å²) in [4.78, 5) is 0. The van der Waals surface area contributed by atoms with Gasteiger partial charge in [-0.1, -0.05) is 80.1 Å². The van der Waals surface area contributed by atoms with Crippen molar-refractivity contribution < 1.29 is 0 Å². The second-order valence-electron chi connectivity index (χ2n) is 7.78. The Morgan fingerprint density at radius 3 is 2.21 bits per heavy atom. The predicted octanol–water partition coefficient (Wildman–Crippen LogP) is 6.84. The SMILES string of the molecule is CCCCC1(C(C)C)CCCCCC(C)(CC)C1C. The summed E-state index contributed by atoms with van der Waals surface area (Å²) in [5, 5.41) is 0. The molecule has 0 saturated heterocycles. The van der Waals surface area contributed by atoms with Gasteiger partial charge in [-0.25, -0.2) is 0 Å². The molecular formula is C19H38. The summed E-state index contributed by atoms with van der Waals surface area (Å²) in [6, 6.07) is 0. The lowest BCUT2D eigenvalue weighted by atomic mass is 9.52. The molecule has 114 valence electrons. The molecule has 0 aromatic rings. The summed E-state index contributed by atoms with van der Waals surface area (Å²) in [6.45, 7) is 14.9. The average molecular weight is 267 g/mol. The van der Waals surface area contributed by atoms with Gasteiger partial charge >= 0.3 is 0 Å². The zero-order chi connectivity index (χ0) is 14.5. The molecule has 0 radical (unpaired) electrons. The minimum atomic E-state index is 0.568. The Morgan fingerprint density at radius 2 is 1.68 bits per heavy atom. The van der Waals surface area contributed by atoms with Gasteiger partial charge in [0.05, 0.1) is 0 Å². The first-order valence-corrected chi connectivity index (χ1v) is 8.93. The lowest BCUT2D eigenvalue weighted by Crippen LogP contribution is -2.44. The van der Waals surface area contributed by atoms with Crippen LogP contribution in [0.3, 0.4) is 0 Å². The monoisotopic (exact) mass is 266 g/mol. The van der Waals surface area contributed by atoms with Gasteiger partial charge in [0.1, 0.15) is 0 Å². The highest BCUT2D eigenvalue weighted by Crippen LogP contribution is 2.55. The average Bonchev–Trinajstić information content (AvgIpc) is 2.39. The van der Waals surface area contributed by atoms with Crippen LogP contribution in [0.1, 0.15) is 99.3 Å². The molecule has 0 spiro atoms. The summed E-state index contributed by atoms with van der Waals surface area (Å²) in [6.07, 6.45) is 12.9. The Morgan fingerprint density at radius 1 is 1.05 bits per heavy atom. The molecule has 0 aromatic carbocycles. The van der Waals surface area contributed by atoms with Gasteiger partial charge in [-0.2, -0.15) is 0 Å². The first kappa shape index (κ1) is 17.1. The van der Waals surface area contributed by atoms with Crippen LogP contribution < -0.4 is 0 Å². The van der Waals surface area contributed by atoms with Crippen LogP contribution in [0.25, 0.3) is 0 Å². The van der Waals surface area contributed by atoms with Crippen LogP contribution in [0.2, 0.25) is 0 Å². The third-order valence-electron chi connectivity index (χ3n) is 6.75. The van der Waals surface area contributed by atoms with Crippen LogP contribution in [0, 0.1) is 22.7 Å². The standard InChI is InChI=1S/C19H38/c1-7-9-14-19(16(3)4)15-12-10-11-13-18(6,8-2)17(19)5/h16-17H,7-15H2,1-6H3. The van der Waals surface area contributed by atoms with E-state index in [9.17, 15) is 0 Å². The van der Waals surface area contributed by atoms with E-state index < -0.39 is 0 Å². The van der Waals surface area contributed by atoms with Crippen molar-refractivity contribution in [3.63, 3.8) is 0 Å². The number of hydrogen-bond acceptors (Lipinski definition) is 0. The fraction of sp³-hybridized carbons (Fsp3) is 1.00. The van der Waals surface area contributed by atoms with Crippen LogP contribution in [0.4, 0.5) is 0 Å². The van der Waals surface area contributed by atoms with Gasteiger partial charge in [0.15, 0.2) is 0 Å². The van der Waals surface area contributed by atoms with E-state index in [1.54, 1.807) is 0 Å². The zero-order valence-corrected chi connectivity index (χ0v) is 14.5. The van der Waals surface area contributed by atoms with Crippen LogP contribution in [-0.2, 0) is 0 Å². The fourth-order valence-corrected chi connectivity index (χ4v) is 4.69. The van der Waals surface area contributed by atoms with Crippen LogP contribution >= 0.6 is 0 Å². The zero-order valence-electron chi connectivity index (χ0n) is 14.5. The highest BCUT2D eigenvalue weighted by Gasteiger charge is 2.46. The van der Waals surface area contributed by atoms with Crippen molar-refractivity contribution in [1.82, 2.24) is 0 Å². The first-order valence-electron chi connectivity index (χ1n) is 8.93. The van der Waals surface area contributed by atoms with Gasteiger partial charge < -0.3 is 0 Å². The van der Waals surface area contributed by atoms with Gasteiger partial charge in [0.2, 0.25) is 0 Å². The van der Waals surface area contributed by atoms with Gasteiger partial charge in [-0.05, 0) is 41.9 Å². The normalized spacial score (nSPS) is 37.1. The molecule has 0 nitrogen and oxygen atoms in total. The third kappa shape index (κ3) is 3.56. The minimum Gasteiger partial charge on any atom is -0.0654 e. The summed E-state index contributed by atoms with van der Waals surface area (Å²) in [5.41, 5.74) is 1.17. The second-order valence-corrected chi connectivity index (χ2v) is 7.78. The molecule has 0 heterocycles. The molecule has 3 unspecified atom stereocenters. The molecule has 1 rings (SSSR count). The number of unbranched alkanes of at least 4 members (excludes halogenated alkanes) is 1. The number of rotatable bonds is 5. The molecule has 1 fully saturated rings. The fourth-order valence-electron chi connectivity index (χ4n) is 4.69. The molecule has 0 heteroatoms. The maximum Gasteiger partial charge on any atom is -0.0244 e.